The van der Waals surface area contributed by atoms with Crippen molar-refractivity contribution in [1.29, 1.82) is 0 Å². The van der Waals surface area contributed by atoms with Gasteiger partial charge in [0.1, 0.15) is 10.0 Å². The highest BCUT2D eigenvalue weighted by molar-refractivity contribution is 7.89. The van der Waals surface area contributed by atoms with Gasteiger partial charge in [0.05, 0.1) is 5.52 Å². The average molecular weight is 313 g/mol. The Labute approximate surface area is 124 Å². The van der Waals surface area contributed by atoms with E-state index in [0.717, 1.165) is 10.9 Å². The van der Waals surface area contributed by atoms with Crippen molar-refractivity contribution in [3.63, 3.8) is 0 Å². The fraction of sp³-hybridized carbons (Fsp3) is 0.357. The summed E-state index contributed by atoms with van der Waals surface area (Å²) in [5.74, 6) is 0. The van der Waals surface area contributed by atoms with E-state index in [2.05, 4.69) is 4.98 Å². The van der Waals surface area contributed by atoms with Crippen LogP contribution in [0.15, 0.2) is 29.2 Å². The Kier molecular flexibility index (Phi) is 4.32. The van der Waals surface area contributed by atoms with Crippen LogP contribution in [0.25, 0.3) is 10.9 Å². The fourth-order valence-electron chi connectivity index (χ4n) is 2.17. The summed E-state index contributed by atoms with van der Waals surface area (Å²) in [5, 5.41) is 1.11. The number of hydrogen-bond donors (Lipinski definition) is 0. The van der Waals surface area contributed by atoms with E-state index < -0.39 is 10.0 Å². The van der Waals surface area contributed by atoms with Gasteiger partial charge in [-0.25, -0.2) is 13.4 Å². The van der Waals surface area contributed by atoms with Gasteiger partial charge in [0, 0.05) is 18.5 Å². The second-order valence-electron chi connectivity index (χ2n) is 4.51. The molecule has 1 heterocycles. The summed E-state index contributed by atoms with van der Waals surface area (Å²) in [6.07, 6.45) is 0. The van der Waals surface area contributed by atoms with Crippen LogP contribution in [-0.4, -0.2) is 30.8 Å². The highest BCUT2D eigenvalue weighted by atomic mass is 35.5. The maximum Gasteiger partial charge on any atom is 0.245 e. The third-order valence-corrected chi connectivity index (χ3v) is 5.72. The van der Waals surface area contributed by atoms with Crippen molar-refractivity contribution in [3.8, 4) is 0 Å². The molecule has 108 valence electrons. The van der Waals surface area contributed by atoms with Crippen LogP contribution in [0.2, 0.25) is 5.15 Å². The minimum absolute atomic E-state index is 0.209. The van der Waals surface area contributed by atoms with Crippen LogP contribution in [0.4, 0.5) is 0 Å². The molecule has 0 radical (unpaired) electrons. The summed E-state index contributed by atoms with van der Waals surface area (Å²) in [4.78, 5) is 4.46. The maximum atomic E-state index is 12.6. The normalized spacial score (nSPS) is 12.2. The molecule has 0 bridgehead atoms. The van der Waals surface area contributed by atoms with Gasteiger partial charge in [-0.05, 0) is 24.6 Å². The Balaban J connectivity index is 2.75. The number of fused-ring (bicyclic) bond motifs is 1. The van der Waals surface area contributed by atoms with Crippen LogP contribution in [0, 0.1) is 6.92 Å². The van der Waals surface area contributed by atoms with Gasteiger partial charge in [-0.1, -0.05) is 37.6 Å². The first-order valence-electron chi connectivity index (χ1n) is 6.47. The first-order valence-corrected chi connectivity index (χ1v) is 8.29. The lowest BCUT2D eigenvalue weighted by Gasteiger charge is -2.19. The molecule has 2 aromatic rings. The predicted molar refractivity (Wildman–Crippen MR) is 81.6 cm³/mol. The summed E-state index contributed by atoms with van der Waals surface area (Å²) in [7, 11) is -3.55. The lowest BCUT2D eigenvalue weighted by molar-refractivity contribution is 0.446. The molecule has 0 aliphatic carbocycles. The zero-order valence-electron chi connectivity index (χ0n) is 11.7. The second kappa shape index (κ2) is 5.68. The smallest absolute Gasteiger partial charge is 0.234 e. The zero-order valence-corrected chi connectivity index (χ0v) is 13.3. The summed E-state index contributed by atoms with van der Waals surface area (Å²) in [5.41, 5.74) is 1.26. The lowest BCUT2D eigenvalue weighted by Crippen LogP contribution is -2.30. The average Bonchev–Trinajstić information content (AvgIpc) is 2.40. The monoisotopic (exact) mass is 312 g/mol. The molecule has 0 spiro atoms. The number of hydrogen-bond acceptors (Lipinski definition) is 3. The number of nitrogens with zero attached hydrogens (tertiary/aromatic N) is 2. The Hall–Kier alpha value is -1.17. The van der Waals surface area contributed by atoms with E-state index in [0.29, 0.717) is 23.8 Å². The zero-order chi connectivity index (χ0) is 14.9. The van der Waals surface area contributed by atoms with Crippen LogP contribution in [-0.2, 0) is 10.0 Å². The molecule has 0 aliphatic heterocycles. The van der Waals surface area contributed by atoms with Crippen molar-refractivity contribution >= 4 is 32.5 Å². The van der Waals surface area contributed by atoms with Crippen molar-refractivity contribution in [3.05, 3.63) is 35.0 Å². The number of sulfonamides is 1. The molecule has 2 rings (SSSR count). The number of aryl methyl sites for hydroxylation is 1. The van der Waals surface area contributed by atoms with Gasteiger partial charge >= 0.3 is 0 Å². The molecule has 0 saturated heterocycles. The van der Waals surface area contributed by atoms with Crippen LogP contribution in [0.5, 0.6) is 0 Å². The third-order valence-electron chi connectivity index (χ3n) is 3.26. The highest BCUT2D eigenvalue weighted by Crippen LogP contribution is 2.27. The summed E-state index contributed by atoms with van der Waals surface area (Å²) in [6, 6.07) is 7.00. The van der Waals surface area contributed by atoms with E-state index in [1.807, 2.05) is 32.9 Å². The summed E-state index contributed by atoms with van der Waals surface area (Å²) < 4.78 is 26.7. The van der Waals surface area contributed by atoms with E-state index >= 15 is 0 Å². The van der Waals surface area contributed by atoms with Crippen molar-refractivity contribution < 1.29 is 8.42 Å². The Morgan fingerprint density at radius 1 is 1.25 bits per heavy atom. The number of pyridine rings is 1. The van der Waals surface area contributed by atoms with E-state index in [-0.39, 0.29) is 4.90 Å². The number of rotatable bonds is 4. The second-order valence-corrected chi connectivity index (χ2v) is 6.78. The Bertz CT molecular complexity index is 740. The molecule has 0 amide bonds. The van der Waals surface area contributed by atoms with Crippen molar-refractivity contribution in [1.82, 2.24) is 9.29 Å². The lowest BCUT2D eigenvalue weighted by atomic mass is 10.2. The van der Waals surface area contributed by atoms with Crippen molar-refractivity contribution in [2.45, 2.75) is 25.7 Å². The van der Waals surface area contributed by atoms with Crippen molar-refractivity contribution in [2.75, 3.05) is 13.1 Å². The molecule has 20 heavy (non-hydrogen) atoms. The number of aromatic nitrogens is 1. The van der Waals surface area contributed by atoms with E-state index in [9.17, 15) is 8.42 Å². The minimum Gasteiger partial charge on any atom is -0.234 e. The predicted octanol–water partition coefficient (Wildman–Crippen LogP) is 3.23. The fourth-order valence-corrected chi connectivity index (χ4v) is 3.92. The Morgan fingerprint density at radius 3 is 2.50 bits per heavy atom. The van der Waals surface area contributed by atoms with Crippen LogP contribution >= 0.6 is 11.6 Å². The minimum atomic E-state index is -3.55. The highest BCUT2D eigenvalue weighted by Gasteiger charge is 2.24. The molecular weight excluding hydrogens is 296 g/mol. The van der Waals surface area contributed by atoms with Gasteiger partial charge in [-0.3, -0.25) is 0 Å². The largest absolute Gasteiger partial charge is 0.245 e. The first kappa shape index (κ1) is 15.2. The van der Waals surface area contributed by atoms with E-state index in [1.165, 1.54) is 4.31 Å². The molecule has 6 heteroatoms. The molecule has 4 nitrogen and oxygen atoms in total. The molecular formula is C14H17ClN2O2S. The van der Waals surface area contributed by atoms with Gasteiger partial charge < -0.3 is 0 Å². The molecule has 0 aliphatic rings. The van der Waals surface area contributed by atoms with Gasteiger partial charge in [-0.2, -0.15) is 4.31 Å². The number of halogens is 1. The number of para-hydroxylation sites is 1. The molecule has 0 saturated carbocycles. The van der Waals surface area contributed by atoms with Crippen molar-refractivity contribution in [2.24, 2.45) is 0 Å². The molecule has 1 aromatic carbocycles. The topological polar surface area (TPSA) is 50.3 Å². The standard InChI is InChI=1S/C14H17ClN2O2S/c1-4-17(5-2)20(18,19)12-8-6-7-11-9-10(3)14(15)16-13(11)12/h6-9H,4-5H2,1-3H3. The molecule has 0 fully saturated rings. The SMILES string of the molecule is CCN(CC)S(=O)(=O)c1cccc2cc(C)c(Cl)nc12. The first-order chi connectivity index (χ1) is 9.41. The van der Waals surface area contributed by atoms with Crippen LogP contribution in [0.3, 0.4) is 0 Å². The van der Waals surface area contributed by atoms with Crippen LogP contribution < -0.4 is 0 Å². The molecule has 0 atom stereocenters. The molecule has 0 unspecified atom stereocenters. The molecule has 0 N–H and O–H groups in total. The van der Waals surface area contributed by atoms with Gasteiger partial charge in [0.15, 0.2) is 0 Å². The maximum absolute atomic E-state index is 12.6. The Morgan fingerprint density at radius 2 is 1.90 bits per heavy atom. The van der Waals surface area contributed by atoms with Gasteiger partial charge in [0.25, 0.3) is 0 Å². The van der Waals surface area contributed by atoms with Gasteiger partial charge in [0.2, 0.25) is 10.0 Å². The number of benzene rings is 1. The third kappa shape index (κ3) is 2.53. The van der Waals surface area contributed by atoms with Crippen LogP contribution in [0.1, 0.15) is 19.4 Å². The summed E-state index contributed by atoms with van der Waals surface area (Å²) >= 11 is 6.04. The van der Waals surface area contributed by atoms with Gasteiger partial charge in [-0.15, -0.1) is 0 Å². The van der Waals surface area contributed by atoms with E-state index in [4.69, 9.17) is 11.6 Å². The van der Waals surface area contributed by atoms with E-state index in [1.54, 1.807) is 12.1 Å². The quantitative estimate of drug-likeness (QED) is 0.814. The molecule has 1 aromatic heterocycles. The summed E-state index contributed by atoms with van der Waals surface area (Å²) in [6.45, 7) is 6.33.